The van der Waals surface area contributed by atoms with Crippen molar-refractivity contribution in [1.29, 1.82) is 0 Å². The lowest BCUT2D eigenvalue weighted by molar-refractivity contribution is -0.138. The molecule has 0 bridgehead atoms. The second kappa shape index (κ2) is 9.94. The molecule has 0 radical (unpaired) electrons. The van der Waals surface area contributed by atoms with Crippen molar-refractivity contribution in [2.45, 2.75) is 52.6 Å². The summed E-state index contributed by atoms with van der Waals surface area (Å²) in [7, 11) is 0. The maximum absolute atomic E-state index is 13.4. The number of amides is 1. The number of hydrogen-bond acceptors (Lipinski definition) is 5. The van der Waals surface area contributed by atoms with Crippen molar-refractivity contribution in [2.24, 2.45) is 5.92 Å². The molecule has 180 valence electrons. The summed E-state index contributed by atoms with van der Waals surface area (Å²) in [5.74, 6) is -2.89. The zero-order chi connectivity index (χ0) is 24.4. The van der Waals surface area contributed by atoms with Crippen LogP contribution in [0.5, 0.6) is 0 Å². The van der Waals surface area contributed by atoms with Crippen LogP contribution in [0.2, 0.25) is 0 Å². The molecule has 1 amide bonds. The molecule has 2 aromatic heterocycles. The largest absolute Gasteiger partial charge is 0.481 e. The first-order chi connectivity index (χ1) is 15.6. The fourth-order valence-corrected chi connectivity index (χ4v) is 5.40. The molecule has 0 unspecified atom stereocenters. The highest BCUT2D eigenvalue weighted by atomic mass is 32.1. The molecule has 1 aliphatic rings. The Morgan fingerprint density at radius 1 is 1.12 bits per heavy atom. The van der Waals surface area contributed by atoms with Gasteiger partial charge >= 0.3 is 17.7 Å². The summed E-state index contributed by atoms with van der Waals surface area (Å²) in [6.07, 6.45) is -2.08. The van der Waals surface area contributed by atoms with E-state index in [1.54, 1.807) is 18.7 Å². The summed E-state index contributed by atoms with van der Waals surface area (Å²) in [5, 5.41) is 9.09. The van der Waals surface area contributed by atoms with Crippen LogP contribution in [0.3, 0.4) is 0 Å². The lowest BCUT2D eigenvalue weighted by atomic mass is 9.93. The van der Waals surface area contributed by atoms with Gasteiger partial charge in [-0.2, -0.15) is 8.78 Å². The molecule has 1 aliphatic heterocycles. The van der Waals surface area contributed by atoms with E-state index in [4.69, 9.17) is 5.11 Å². The SMILES string of the molecule is CCn1c(=O)c2c(C)c(C(=O)N3CCC(CC(=O)O)CC3)sc2n(CCC(F)=C(F)F)c1=O. The Kier molecular flexibility index (Phi) is 7.45. The second-order valence-electron chi connectivity index (χ2n) is 7.97. The number of nitrogens with zero attached hydrogens (tertiary/aromatic N) is 3. The molecule has 1 N–H and O–H groups in total. The molecule has 0 aromatic carbocycles. The van der Waals surface area contributed by atoms with Gasteiger partial charge in [-0.15, -0.1) is 11.3 Å². The first kappa shape index (κ1) is 24.7. The summed E-state index contributed by atoms with van der Waals surface area (Å²) in [6.45, 7) is 3.51. The fourth-order valence-electron chi connectivity index (χ4n) is 4.11. The number of hydrogen-bond donors (Lipinski definition) is 1. The zero-order valence-corrected chi connectivity index (χ0v) is 19.0. The van der Waals surface area contributed by atoms with Crippen molar-refractivity contribution in [3.05, 3.63) is 43.2 Å². The molecule has 8 nitrogen and oxygen atoms in total. The minimum atomic E-state index is -2.47. The van der Waals surface area contributed by atoms with Crippen molar-refractivity contribution < 1.29 is 27.9 Å². The minimum absolute atomic E-state index is 0.0177. The van der Waals surface area contributed by atoms with Gasteiger partial charge in [0.2, 0.25) is 0 Å². The van der Waals surface area contributed by atoms with Crippen LogP contribution in [0.4, 0.5) is 13.2 Å². The number of fused-ring (bicyclic) bond motifs is 1. The molecular formula is C21H24F3N3O5S. The van der Waals surface area contributed by atoms with Crippen LogP contribution in [-0.2, 0) is 17.9 Å². The smallest absolute Gasteiger partial charge is 0.332 e. The number of carbonyl (C=O) groups is 2. The summed E-state index contributed by atoms with van der Waals surface area (Å²) in [6, 6.07) is 0. The van der Waals surface area contributed by atoms with Crippen LogP contribution in [0.15, 0.2) is 21.5 Å². The van der Waals surface area contributed by atoms with Crippen LogP contribution in [-0.4, -0.2) is 44.1 Å². The Labute approximate surface area is 190 Å². The molecule has 2 aromatic rings. The van der Waals surface area contributed by atoms with Crippen molar-refractivity contribution in [3.8, 4) is 0 Å². The van der Waals surface area contributed by atoms with Crippen LogP contribution in [0.1, 0.15) is 47.8 Å². The Morgan fingerprint density at radius 2 is 1.76 bits per heavy atom. The lowest BCUT2D eigenvalue weighted by Crippen LogP contribution is -2.39. The molecule has 0 atom stereocenters. The van der Waals surface area contributed by atoms with Crippen molar-refractivity contribution >= 4 is 33.4 Å². The summed E-state index contributed by atoms with van der Waals surface area (Å²) < 4.78 is 40.4. The second-order valence-corrected chi connectivity index (χ2v) is 8.97. The number of aromatic nitrogens is 2. The van der Waals surface area contributed by atoms with Gasteiger partial charge in [0.05, 0.1) is 10.3 Å². The Bertz CT molecular complexity index is 1230. The highest BCUT2D eigenvalue weighted by Crippen LogP contribution is 2.31. The normalized spacial score (nSPS) is 14.6. The third kappa shape index (κ3) is 4.90. The quantitative estimate of drug-likeness (QED) is 0.646. The maximum atomic E-state index is 13.4. The minimum Gasteiger partial charge on any atom is -0.481 e. The number of thiophene rings is 1. The number of aryl methyl sites for hydroxylation is 2. The molecule has 33 heavy (non-hydrogen) atoms. The highest BCUT2D eigenvalue weighted by molar-refractivity contribution is 7.20. The van der Waals surface area contributed by atoms with E-state index in [1.165, 1.54) is 0 Å². The van der Waals surface area contributed by atoms with E-state index < -0.39 is 42.1 Å². The first-order valence-electron chi connectivity index (χ1n) is 10.5. The van der Waals surface area contributed by atoms with Gasteiger partial charge in [-0.25, -0.2) is 9.18 Å². The highest BCUT2D eigenvalue weighted by Gasteiger charge is 2.29. The summed E-state index contributed by atoms with van der Waals surface area (Å²) in [4.78, 5) is 51.8. The number of allylic oxidation sites excluding steroid dienone is 1. The number of carboxylic acid groups (broad SMARTS) is 1. The Morgan fingerprint density at radius 3 is 2.30 bits per heavy atom. The van der Waals surface area contributed by atoms with Crippen LogP contribution in [0.25, 0.3) is 10.2 Å². The summed E-state index contributed by atoms with van der Waals surface area (Å²) in [5.41, 5.74) is -0.965. The molecule has 1 saturated heterocycles. The number of aliphatic carboxylic acids is 1. The number of likely N-dealkylation sites (tertiary alicyclic amines) is 1. The molecule has 0 saturated carbocycles. The van der Waals surface area contributed by atoms with Crippen LogP contribution in [0, 0.1) is 12.8 Å². The molecule has 1 fully saturated rings. The lowest BCUT2D eigenvalue weighted by Gasteiger charge is -2.31. The number of rotatable bonds is 7. The fraction of sp³-hybridized carbons (Fsp3) is 0.524. The Hall–Kier alpha value is -2.89. The first-order valence-corrected chi connectivity index (χ1v) is 11.4. The maximum Gasteiger partial charge on any atom is 0.332 e. The van der Waals surface area contributed by atoms with E-state index in [9.17, 15) is 32.3 Å². The Balaban J connectivity index is 2.01. The van der Waals surface area contributed by atoms with E-state index in [2.05, 4.69) is 0 Å². The topological polar surface area (TPSA) is 102 Å². The van der Waals surface area contributed by atoms with E-state index in [1.807, 2.05) is 0 Å². The number of halogens is 3. The predicted octanol–water partition coefficient (Wildman–Crippen LogP) is 3.35. The van der Waals surface area contributed by atoms with E-state index in [0.29, 0.717) is 31.5 Å². The molecule has 12 heteroatoms. The van der Waals surface area contributed by atoms with E-state index >= 15 is 0 Å². The van der Waals surface area contributed by atoms with Gasteiger partial charge in [0, 0.05) is 39.0 Å². The molecule has 0 spiro atoms. The molecule has 3 rings (SSSR count). The van der Waals surface area contributed by atoms with Crippen molar-refractivity contribution in [3.63, 3.8) is 0 Å². The predicted molar refractivity (Wildman–Crippen MR) is 117 cm³/mol. The van der Waals surface area contributed by atoms with Gasteiger partial charge in [-0.3, -0.25) is 23.5 Å². The van der Waals surface area contributed by atoms with Gasteiger partial charge in [0.1, 0.15) is 4.83 Å². The number of piperidine rings is 1. The van der Waals surface area contributed by atoms with Gasteiger partial charge < -0.3 is 10.0 Å². The molecular weight excluding hydrogens is 463 g/mol. The van der Waals surface area contributed by atoms with Crippen LogP contribution >= 0.6 is 11.3 Å². The van der Waals surface area contributed by atoms with Crippen molar-refractivity contribution in [1.82, 2.24) is 14.0 Å². The van der Waals surface area contributed by atoms with Crippen LogP contribution < -0.4 is 11.2 Å². The van der Waals surface area contributed by atoms with Gasteiger partial charge in [0.25, 0.3) is 11.5 Å². The number of carbonyl (C=O) groups excluding carboxylic acids is 1. The average Bonchev–Trinajstić information content (AvgIpc) is 3.10. The monoisotopic (exact) mass is 487 g/mol. The van der Waals surface area contributed by atoms with Gasteiger partial charge in [0.15, 0.2) is 5.83 Å². The third-order valence-corrected chi connectivity index (χ3v) is 7.23. The van der Waals surface area contributed by atoms with Gasteiger partial charge in [-0.05, 0) is 38.2 Å². The third-order valence-electron chi connectivity index (χ3n) is 5.93. The van der Waals surface area contributed by atoms with Crippen molar-refractivity contribution in [2.75, 3.05) is 13.1 Å². The zero-order valence-electron chi connectivity index (χ0n) is 18.2. The summed E-state index contributed by atoms with van der Waals surface area (Å²) >= 11 is 0.910. The van der Waals surface area contributed by atoms with Gasteiger partial charge in [-0.1, -0.05) is 0 Å². The van der Waals surface area contributed by atoms with E-state index in [0.717, 1.165) is 20.5 Å². The van der Waals surface area contributed by atoms with E-state index in [-0.39, 0.29) is 39.9 Å². The number of carboxylic acids is 1. The standard InChI is InChI=1S/C21H24F3N3O5S/c1-3-26-18(30)15-11(2)16(19(31)25-7-4-12(5-8-25)10-14(28)29)33-20(15)27(21(26)32)9-6-13(22)17(23)24/h12H,3-10H2,1-2H3,(H,28,29). The molecule has 3 heterocycles. The average molecular weight is 488 g/mol. The molecule has 0 aliphatic carbocycles.